The van der Waals surface area contributed by atoms with Crippen LogP contribution in [0.5, 0.6) is 0 Å². The molecule has 0 unspecified atom stereocenters. The third-order valence-corrected chi connectivity index (χ3v) is 8.81. The Morgan fingerprint density at radius 2 is 1.32 bits per heavy atom. The van der Waals surface area contributed by atoms with Gasteiger partial charge in [0.2, 0.25) is 0 Å². The van der Waals surface area contributed by atoms with E-state index in [0.29, 0.717) is 0 Å². The summed E-state index contributed by atoms with van der Waals surface area (Å²) in [5, 5.41) is 5.67. The normalized spacial score (nSPS) is 14.2. The molecular weight excluding hydrogens is 485 g/mol. The average molecular weight is 507 g/mol. The summed E-state index contributed by atoms with van der Waals surface area (Å²) < 4.78 is 1.27. The number of fused-ring (bicyclic) bond motifs is 2. The predicted molar refractivity (Wildman–Crippen MR) is 159 cm³/mol. The van der Waals surface area contributed by atoms with Crippen LogP contribution in [0.3, 0.4) is 0 Å². The molecular formula is C35H22S2. The molecule has 0 aliphatic heterocycles. The Hall–Kier alpha value is -4.16. The van der Waals surface area contributed by atoms with Crippen LogP contribution in [0.4, 0.5) is 0 Å². The molecule has 2 heterocycles. The monoisotopic (exact) mass is 506 g/mol. The van der Waals surface area contributed by atoms with Crippen molar-refractivity contribution < 1.29 is 0 Å². The van der Waals surface area contributed by atoms with E-state index in [9.17, 15) is 0 Å². The Labute approximate surface area is 225 Å². The molecule has 1 aliphatic rings. The van der Waals surface area contributed by atoms with Crippen molar-refractivity contribution in [3.8, 4) is 23.0 Å². The fourth-order valence-electron chi connectivity index (χ4n) is 5.39. The van der Waals surface area contributed by atoms with Crippen molar-refractivity contribution in [3.63, 3.8) is 0 Å². The predicted octanol–water partition coefficient (Wildman–Crippen LogP) is 9.61. The third-order valence-electron chi connectivity index (χ3n) is 6.98. The maximum absolute atomic E-state index is 3.67. The SMILES string of the molecule is C(#Cc1c2c(c(-c3ccccc3)c3ccsc13)C(c1cccs1)=C[C@H]2c1ccccc1)c1ccccc1. The third kappa shape index (κ3) is 3.85. The highest BCUT2D eigenvalue weighted by molar-refractivity contribution is 7.17. The van der Waals surface area contributed by atoms with Crippen LogP contribution in [0.2, 0.25) is 0 Å². The summed E-state index contributed by atoms with van der Waals surface area (Å²) >= 11 is 3.60. The number of rotatable bonds is 3. The van der Waals surface area contributed by atoms with Crippen LogP contribution < -0.4 is 0 Å². The lowest BCUT2D eigenvalue weighted by atomic mass is 9.84. The highest BCUT2D eigenvalue weighted by atomic mass is 32.1. The second-order valence-corrected chi connectivity index (χ2v) is 11.0. The van der Waals surface area contributed by atoms with Crippen molar-refractivity contribution in [2.75, 3.05) is 0 Å². The van der Waals surface area contributed by atoms with Crippen LogP contribution in [-0.4, -0.2) is 0 Å². The Kier molecular flexibility index (Phi) is 5.59. The summed E-state index contributed by atoms with van der Waals surface area (Å²) in [6.07, 6.45) is 2.47. The Balaban J connectivity index is 1.61. The Morgan fingerprint density at radius 3 is 2.05 bits per heavy atom. The van der Waals surface area contributed by atoms with Crippen molar-refractivity contribution in [2.24, 2.45) is 0 Å². The van der Waals surface area contributed by atoms with E-state index in [-0.39, 0.29) is 5.92 Å². The van der Waals surface area contributed by atoms with E-state index in [1.54, 1.807) is 22.7 Å². The van der Waals surface area contributed by atoms with Crippen LogP contribution in [0.1, 0.15) is 38.6 Å². The Morgan fingerprint density at radius 1 is 0.595 bits per heavy atom. The molecule has 2 heteroatoms. The van der Waals surface area contributed by atoms with Crippen LogP contribution >= 0.6 is 22.7 Å². The zero-order chi connectivity index (χ0) is 24.6. The minimum atomic E-state index is 0.141. The summed E-state index contributed by atoms with van der Waals surface area (Å²) in [5.74, 6) is 7.30. The first kappa shape index (κ1) is 22.1. The van der Waals surface area contributed by atoms with Crippen molar-refractivity contribution in [1.82, 2.24) is 0 Å². The van der Waals surface area contributed by atoms with Gasteiger partial charge in [-0.3, -0.25) is 0 Å². The molecule has 7 rings (SSSR count). The maximum Gasteiger partial charge on any atom is 0.0509 e. The molecule has 0 N–H and O–H groups in total. The van der Waals surface area contributed by atoms with E-state index in [0.717, 1.165) is 11.1 Å². The summed E-state index contributed by atoms with van der Waals surface area (Å²) in [5.41, 5.74) is 10.0. The van der Waals surface area contributed by atoms with E-state index in [1.807, 2.05) is 6.07 Å². The fraction of sp³-hybridized carbons (Fsp3) is 0.0286. The molecule has 0 fully saturated rings. The lowest BCUT2D eigenvalue weighted by Crippen LogP contribution is -2.02. The first-order chi connectivity index (χ1) is 18.4. The molecule has 1 atom stereocenters. The molecule has 37 heavy (non-hydrogen) atoms. The number of allylic oxidation sites excluding steroid dienone is 1. The molecule has 0 nitrogen and oxygen atoms in total. The lowest BCUT2D eigenvalue weighted by Gasteiger charge is -2.19. The topological polar surface area (TPSA) is 0 Å². The van der Waals surface area contributed by atoms with Crippen molar-refractivity contribution in [3.05, 3.63) is 159 Å². The van der Waals surface area contributed by atoms with Gasteiger partial charge < -0.3 is 0 Å². The summed E-state index contributed by atoms with van der Waals surface area (Å²) in [7, 11) is 0. The smallest absolute Gasteiger partial charge is 0.0509 e. The lowest BCUT2D eigenvalue weighted by molar-refractivity contribution is 1.05. The minimum absolute atomic E-state index is 0.141. The first-order valence-electron chi connectivity index (χ1n) is 12.4. The van der Waals surface area contributed by atoms with Gasteiger partial charge in [-0.05, 0) is 68.4 Å². The Bertz CT molecular complexity index is 1790. The van der Waals surface area contributed by atoms with Crippen LogP contribution in [0.25, 0.3) is 26.8 Å². The van der Waals surface area contributed by atoms with Gasteiger partial charge in [-0.25, -0.2) is 0 Å². The average Bonchev–Trinajstić information content (AvgIpc) is 3.73. The van der Waals surface area contributed by atoms with E-state index in [4.69, 9.17) is 0 Å². The molecule has 174 valence electrons. The standard InChI is InChI=1S/C35H22S2/c1-4-11-24(12-5-1)18-19-27-33-29(25-13-6-2-7-14-25)23-30(31-17-10-21-36-31)34(33)32(26-15-8-3-9-16-26)28-20-22-37-35(27)28/h1-17,20-23,29H/t29-/m0/s1. The van der Waals surface area contributed by atoms with Crippen LogP contribution in [0.15, 0.2) is 126 Å². The number of benzene rings is 4. The highest BCUT2D eigenvalue weighted by Gasteiger charge is 2.33. The molecule has 0 spiro atoms. The molecule has 0 amide bonds. The summed E-state index contributed by atoms with van der Waals surface area (Å²) in [4.78, 5) is 1.30. The molecule has 4 aromatic carbocycles. The van der Waals surface area contributed by atoms with Crippen LogP contribution in [-0.2, 0) is 0 Å². The van der Waals surface area contributed by atoms with Gasteiger partial charge in [-0.15, -0.1) is 22.7 Å². The number of hydrogen-bond donors (Lipinski definition) is 0. The van der Waals surface area contributed by atoms with E-state index in [2.05, 4.69) is 132 Å². The fourth-order valence-corrected chi connectivity index (χ4v) is 7.06. The highest BCUT2D eigenvalue weighted by Crippen LogP contribution is 2.53. The zero-order valence-electron chi connectivity index (χ0n) is 20.0. The van der Waals surface area contributed by atoms with E-state index < -0.39 is 0 Å². The second-order valence-electron chi connectivity index (χ2n) is 9.13. The number of thiophene rings is 2. The van der Waals surface area contributed by atoms with Gasteiger partial charge in [-0.2, -0.15) is 0 Å². The summed E-state index contributed by atoms with van der Waals surface area (Å²) in [6.45, 7) is 0. The van der Waals surface area contributed by atoms with Gasteiger partial charge in [0.1, 0.15) is 0 Å². The van der Waals surface area contributed by atoms with Gasteiger partial charge in [-0.1, -0.05) is 103 Å². The first-order valence-corrected chi connectivity index (χ1v) is 14.1. The maximum atomic E-state index is 3.67. The molecule has 0 saturated heterocycles. The van der Waals surface area contributed by atoms with E-state index in [1.165, 1.54) is 48.4 Å². The quantitative estimate of drug-likeness (QED) is 0.210. The van der Waals surface area contributed by atoms with Gasteiger partial charge in [0, 0.05) is 27.3 Å². The molecule has 0 saturated carbocycles. The minimum Gasteiger partial charge on any atom is -0.144 e. The van der Waals surface area contributed by atoms with Gasteiger partial charge in [0.15, 0.2) is 0 Å². The van der Waals surface area contributed by atoms with Crippen molar-refractivity contribution >= 4 is 38.3 Å². The van der Waals surface area contributed by atoms with Gasteiger partial charge in [0.25, 0.3) is 0 Å². The second kappa shape index (κ2) is 9.37. The zero-order valence-corrected chi connectivity index (χ0v) is 21.7. The van der Waals surface area contributed by atoms with Gasteiger partial charge >= 0.3 is 0 Å². The molecule has 2 aromatic heterocycles. The van der Waals surface area contributed by atoms with Crippen molar-refractivity contribution in [1.29, 1.82) is 0 Å². The molecule has 0 bridgehead atoms. The molecule has 6 aromatic rings. The van der Waals surface area contributed by atoms with E-state index >= 15 is 0 Å². The number of hydrogen-bond acceptors (Lipinski definition) is 2. The molecule has 0 radical (unpaired) electrons. The van der Waals surface area contributed by atoms with Crippen molar-refractivity contribution in [2.45, 2.75) is 5.92 Å². The van der Waals surface area contributed by atoms with Crippen LogP contribution in [0, 0.1) is 11.8 Å². The largest absolute Gasteiger partial charge is 0.144 e. The molecule has 1 aliphatic carbocycles. The van der Waals surface area contributed by atoms with Gasteiger partial charge in [0.05, 0.1) is 4.70 Å². The summed E-state index contributed by atoms with van der Waals surface area (Å²) in [6, 6.07) is 38.7.